The summed E-state index contributed by atoms with van der Waals surface area (Å²) in [7, 11) is 0. The van der Waals surface area contributed by atoms with E-state index in [-0.39, 0.29) is 11.7 Å². The Kier molecular flexibility index (Phi) is 3.79. The Morgan fingerprint density at radius 2 is 2.16 bits per heavy atom. The van der Waals surface area contributed by atoms with E-state index >= 15 is 0 Å². The fourth-order valence-corrected chi connectivity index (χ4v) is 3.59. The molecule has 2 heterocycles. The first-order chi connectivity index (χ1) is 12.1. The van der Waals surface area contributed by atoms with Crippen LogP contribution >= 0.6 is 0 Å². The van der Waals surface area contributed by atoms with Crippen LogP contribution in [0.25, 0.3) is 5.65 Å². The lowest BCUT2D eigenvalue weighted by atomic mass is 9.64. The predicted octanol–water partition coefficient (Wildman–Crippen LogP) is 3.52. The zero-order valence-corrected chi connectivity index (χ0v) is 14.1. The van der Waals surface area contributed by atoms with Crippen molar-refractivity contribution in [2.75, 3.05) is 0 Å². The van der Waals surface area contributed by atoms with E-state index in [2.05, 4.69) is 10.3 Å². The molecule has 4 rings (SSSR count). The first-order valence-corrected chi connectivity index (χ1v) is 8.56. The summed E-state index contributed by atoms with van der Waals surface area (Å²) in [4.78, 5) is 17.4. The molecule has 0 bridgehead atoms. The molecule has 1 aliphatic rings. The fourth-order valence-electron chi connectivity index (χ4n) is 3.59. The highest BCUT2D eigenvalue weighted by molar-refractivity contribution is 5.89. The lowest BCUT2D eigenvalue weighted by Crippen LogP contribution is -2.49. The largest absolute Gasteiger partial charge is 0.350 e. The van der Waals surface area contributed by atoms with Gasteiger partial charge in [0, 0.05) is 12.4 Å². The van der Waals surface area contributed by atoms with Crippen molar-refractivity contribution in [2.24, 2.45) is 0 Å². The lowest BCUT2D eigenvalue weighted by molar-refractivity contribution is -0.130. The maximum atomic E-state index is 13.6. The highest BCUT2D eigenvalue weighted by Crippen LogP contribution is 2.44. The number of nitrogens with zero attached hydrogens (tertiary/aromatic N) is 2. The van der Waals surface area contributed by atoms with Crippen molar-refractivity contribution in [3.8, 4) is 0 Å². The van der Waals surface area contributed by atoms with Crippen LogP contribution in [0.2, 0.25) is 0 Å². The van der Waals surface area contributed by atoms with E-state index in [1.54, 1.807) is 6.07 Å². The van der Waals surface area contributed by atoms with Crippen LogP contribution in [0.3, 0.4) is 0 Å². The number of halogens is 1. The van der Waals surface area contributed by atoms with E-state index in [4.69, 9.17) is 0 Å². The zero-order chi connectivity index (χ0) is 17.4. The van der Waals surface area contributed by atoms with Crippen LogP contribution in [0.1, 0.15) is 36.1 Å². The van der Waals surface area contributed by atoms with E-state index in [1.807, 2.05) is 41.9 Å². The molecule has 0 spiro atoms. The number of pyridine rings is 1. The molecule has 0 saturated heterocycles. The molecule has 3 aromatic rings. The van der Waals surface area contributed by atoms with Crippen LogP contribution in [-0.4, -0.2) is 15.3 Å². The summed E-state index contributed by atoms with van der Waals surface area (Å²) < 4.78 is 15.5. The van der Waals surface area contributed by atoms with E-state index in [9.17, 15) is 9.18 Å². The quantitative estimate of drug-likeness (QED) is 0.792. The second-order valence-corrected chi connectivity index (χ2v) is 6.78. The third-order valence-electron chi connectivity index (χ3n) is 5.18. The van der Waals surface area contributed by atoms with Gasteiger partial charge in [0.1, 0.15) is 11.5 Å². The molecule has 1 fully saturated rings. The summed E-state index contributed by atoms with van der Waals surface area (Å²) in [6.07, 6.45) is 6.37. The molecule has 0 aliphatic heterocycles. The minimum absolute atomic E-state index is 0.0434. The van der Waals surface area contributed by atoms with Crippen molar-refractivity contribution in [1.29, 1.82) is 0 Å². The van der Waals surface area contributed by atoms with Gasteiger partial charge >= 0.3 is 0 Å². The number of rotatable bonds is 4. The van der Waals surface area contributed by atoms with Gasteiger partial charge in [-0.1, -0.05) is 24.6 Å². The smallest absolute Gasteiger partial charge is 0.230 e. The van der Waals surface area contributed by atoms with E-state index < -0.39 is 5.41 Å². The molecule has 1 aromatic carbocycles. The molecular weight excluding hydrogens is 317 g/mol. The van der Waals surface area contributed by atoms with Crippen LogP contribution < -0.4 is 5.32 Å². The van der Waals surface area contributed by atoms with Crippen LogP contribution in [0.15, 0.2) is 48.8 Å². The number of imidazole rings is 1. The number of hydrogen-bond donors (Lipinski definition) is 1. The summed E-state index contributed by atoms with van der Waals surface area (Å²) in [5.74, 6) is -0.342. The average molecular weight is 337 g/mol. The maximum Gasteiger partial charge on any atom is 0.230 e. The van der Waals surface area contributed by atoms with Gasteiger partial charge in [-0.3, -0.25) is 4.79 Å². The highest BCUT2D eigenvalue weighted by Gasteiger charge is 2.45. The summed E-state index contributed by atoms with van der Waals surface area (Å²) in [5, 5.41) is 3.00. The molecule has 1 aliphatic carbocycles. The summed E-state index contributed by atoms with van der Waals surface area (Å²) in [6.45, 7) is 2.38. The zero-order valence-electron chi connectivity index (χ0n) is 14.1. The van der Waals surface area contributed by atoms with Gasteiger partial charge in [-0.15, -0.1) is 0 Å². The molecule has 1 amide bonds. The van der Waals surface area contributed by atoms with E-state index in [0.717, 1.165) is 41.7 Å². The van der Waals surface area contributed by atoms with Crippen LogP contribution in [0.5, 0.6) is 0 Å². The predicted molar refractivity (Wildman–Crippen MR) is 93.7 cm³/mol. The van der Waals surface area contributed by atoms with Gasteiger partial charge in [-0.25, -0.2) is 9.37 Å². The first kappa shape index (κ1) is 15.8. The van der Waals surface area contributed by atoms with Gasteiger partial charge in [0.15, 0.2) is 0 Å². The molecule has 0 unspecified atom stereocenters. The van der Waals surface area contributed by atoms with Gasteiger partial charge < -0.3 is 9.72 Å². The number of amides is 1. The monoisotopic (exact) mass is 337 g/mol. The van der Waals surface area contributed by atoms with Crippen molar-refractivity contribution in [1.82, 2.24) is 14.7 Å². The number of aryl methyl sites for hydroxylation is 1. The molecular formula is C20H20FN3O. The summed E-state index contributed by atoms with van der Waals surface area (Å²) in [5.41, 5.74) is 2.97. The Labute approximate surface area is 145 Å². The van der Waals surface area contributed by atoms with Crippen molar-refractivity contribution < 1.29 is 9.18 Å². The number of nitrogens with one attached hydrogen (secondary N) is 1. The summed E-state index contributed by atoms with van der Waals surface area (Å²) >= 11 is 0. The van der Waals surface area contributed by atoms with Crippen LogP contribution in [0.4, 0.5) is 4.39 Å². The number of hydrogen-bond acceptors (Lipinski definition) is 2. The molecule has 0 atom stereocenters. The summed E-state index contributed by atoms with van der Waals surface area (Å²) in [6, 6.07) is 10.4. The second-order valence-electron chi connectivity index (χ2n) is 6.78. The second kappa shape index (κ2) is 5.99. The molecule has 4 nitrogen and oxygen atoms in total. The fraction of sp³-hybridized carbons (Fsp3) is 0.300. The third-order valence-corrected chi connectivity index (χ3v) is 5.18. The van der Waals surface area contributed by atoms with Gasteiger partial charge in [0.05, 0.1) is 17.7 Å². The van der Waals surface area contributed by atoms with E-state index in [1.165, 1.54) is 12.1 Å². The lowest BCUT2D eigenvalue weighted by Gasteiger charge is -2.40. The Morgan fingerprint density at radius 3 is 2.84 bits per heavy atom. The first-order valence-electron chi connectivity index (χ1n) is 8.56. The van der Waals surface area contributed by atoms with Crippen LogP contribution in [-0.2, 0) is 16.8 Å². The van der Waals surface area contributed by atoms with Gasteiger partial charge in [0.25, 0.3) is 0 Å². The third kappa shape index (κ3) is 2.69. The van der Waals surface area contributed by atoms with E-state index in [0.29, 0.717) is 6.54 Å². The molecule has 1 N–H and O–H groups in total. The number of carbonyl (C=O) groups is 1. The van der Waals surface area contributed by atoms with Crippen molar-refractivity contribution >= 4 is 11.6 Å². The maximum absolute atomic E-state index is 13.6. The van der Waals surface area contributed by atoms with Crippen LogP contribution in [0, 0.1) is 12.7 Å². The highest BCUT2D eigenvalue weighted by atomic mass is 19.1. The number of benzene rings is 1. The number of aromatic nitrogens is 2. The van der Waals surface area contributed by atoms with Gasteiger partial charge in [0.2, 0.25) is 5.91 Å². The number of fused-ring (bicyclic) bond motifs is 1. The van der Waals surface area contributed by atoms with Crippen molar-refractivity contribution in [3.63, 3.8) is 0 Å². The SMILES string of the molecule is Cc1cccn2cc(CNC(=O)C3(c4cccc(F)c4)CCC3)nc12. The van der Waals surface area contributed by atoms with Gasteiger partial charge in [-0.2, -0.15) is 0 Å². The molecule has 128 valence electrons. The normalized spacial score (nSPS) is 15.8. The number of carbonyl (C=O) groups excluding carboxylic acids is 1. The topological polar surface area (TPSA) is 46.4 Å². The Balaban J connectivity index is 1.53. The van der Waals surface area contributed by atoms with Crippen molar-refractivity contribution in [2.45, 2.75) is 38.1 Å². The average Bonchev–Trinajstić information content (AvgIpc) is 2.97. The Hall–Kier alpha value is -2.69. The Morgan fingerprint density at radius 1 is 1.32 bits per heavy atom. The van der Waals surface area contributed by atoms with Crippen molar-refractivity contribution in [3.05, 3.63) is 71.4 Å². The minimum Gasteiger partial charge on any atom is -0.350 e. The standard InChI is InChI=1S/C20H20FN3O/c1-14-5-3-10-24-13-17(23-18(14)24)12-22-19(25)20(8-4-9-20)15-6-2-7-16(21)11-15/h2-3,5-7,10-11,13H,4,8-9,12H2,1H3,(H,22,25). The molecule has 0 radical (unpaired) electrons. The Bertz CT molecular complexity index is 943. The van der Waals surface area contributed by atoms with Gasteiger partial charge in [-0.05, 0) is 49.1 Å². The molecule has 5 heteroatoms. The minimum atomic E-state index is -0.600. The molecule has 1 saturated carbocycles. The molecule has 2 aromatic heterocycles. The molecule has 25 heavy (non-hydrogen) atoms.